The Morgan fingerprint density at radius 1 is 1.00 bits per heavy atom. The Balaban J connectivity index is 1.89. The second-order valence-corrected chi connectivity index (χ2v) is 9.41. The van der Waals surface area contributed by atoms with Gasteiger partial charge in [-0.2, -0.15) is 4.72 Å². The van der Waals surface area contributed by atoms with Crippen LogP contribution >= 0.6 is 11.6 Å². The van der Waals surface area contributed by atoms with Gasteiger partial charge >= 0.3 is 0 Å². The molecule has 1 amide bonds. The van der Waals surface area contributed by atoms with E-state index in [0.717, 1.165) is 5.56 Å². The molecule has 0 fully saturated rings. The summed E-state index contributed by atoms with van der Waals surface area (Å²) < 4.78 is 33.6. The number of anilines is 1. The lowest BCUT2D eigenvalue weighted by Gasteiger charge is -2.19. The van der Waals surface area contributed by atoms with Crippen LogP contribution in [0.5, 0.6) is 5.75 Å². The van der Waals surface area contributed by atoms with Gasteiger partial charge in [0.25, 0.3) is 0 Å². The van der Waals surface area contributed by atoms with Crippen molar-refractivity contribution in [1.82, 2.24) is 4.72 Å². The number of benzene rings is 3. The highest BCUT2D eigenvalue weighted by Gasteiger charge is 2.27. The highest BCUT2D eigenvalue weighted by Crippen LogP contribution is 2.27. The van der Waals surface area contributed by atoms with Gasteiger partial charge in [0.15, 0.2) is 5.78 Å². The zero-order valence-electron chi connectivity index (χ0n) is 18.0. The third-order valence-corrected chi connectivity index (χ3v) is 6.63. The number of halogens is 1. The van der Waals surface area contributed by atoms with Gasteiger partial charge in [0.05, 0.1) is 17.0 Å². The first-order valence-electron chi connectivity index (χ1n) is 10.0. The molecule has 2 N–H and O–H groups in total. The number of methoxy groups -OCH3 is 1. The van der Waals surface area contributed by atoms with E-state index in [0.29, 0.717) is 17.0 Å². The number of nitrogens with one attached hydrogen (secondary N) is 2. The number of sulfonamides is 1. The lowest BCUT2D eigenvalue weighted by molar-refractivity contribution is -0.117. The van der Waals surface area contributed by atoms with Gasteiger partial charge in [0.1, 0.15) is 11.8 Å². The summed E-state index contributed by atoms with van der Waals surface area (Å²) >= 11 is 6.09. The summed E-state index contributed by atoms with van der Waals surface area (Å²) in [5.41, 5.74) is 1.59. The van der Waals surface area contributed by atoms with Crippen LogP contribution in [0.15, 0.2) is 77.7 Å². The van der Waals surface area contributed by atoms with Crippen molar-refractivity contribution in [2.24, 2.45) is 0 Å². The molecule has 0 radical (unpaired) electrons. The number of Topliss-reactive ketones (excluding diaryl/α,β-unsaturated/α-hetero) is 1. The first-order chi connectivity index (χ1) is 15.7. The van der Waals surface area contributed by atoms with Crippen LogP contribution in [0.3, 0.4) is 0 Å². The number of carbonyl (C=O) groups is 2. The Morgan fingerprint density at radius 2 is 1.73 bits per heavy atom. The molecule has 0 spiro atoms. The van der Waals surface area contributed by atoms with Crippen molar-refractivity contribution in [3.8, 4) is 5.75 Å². The quantitative estimate of drug-likeness (QED) is 0.444. The van der Waals surface area contributed by atoms with Crippen molar-refractivity contribution in [3.05, 3.63) is 88.9 Å². The van der Waals surface area contributed by atoms with Gasteiger partial charge < -0.3 is 10.1 Å². The van der Waals surface area contributed by atoms with Gasteiger partial charge in [-0.25, -0.2) is 8.42 Å². The molecule has 0 aromatic heterocycles. The highest BCUT2D eigenvalue weighted by molar-refractivity contribution is 7.89. The van der Waals surface area contributed by atoms with E-state index < -0.39 is 22.0 Å². The molecule has 3 rings (SSSR count). The van der Waals surface area contributed by atoms with Crippen LogP contribution in [0.4, 0.5) is 5.69 Å². The molecule has 0 saturated heterocycles. The summed E-state index contributed by atoms with van der Waals surface area (Å²) in [6.45, 7) is 1.42. The van der Waals surface area contributed by atoms with Crippen molar-refractivity contribution >= 4 is 39.0 Å². The van der Waals surface area contributed by atoms with Crippen LogP contribution in [-0.2, 0) is 21.2 Å². The molecule has 1 atom stereocenters. The fraction of sp³-hybridized carbons (Fsp3) is 0.167. The summed E-state index contributed by atoms with van der Waals surface area (Å²) in [5, 5.41) is 2.83. The summed E-state index contributed by atoms with van der Waals surface area (Å²) in [6.07, 6.45) is 0.113. The topological polar surface area (TPSA) is 102 Å². The van der Waals surface area contributed by atoms with Crippen LogP contribution in [0.1, 0.15) is 22.8 Å². The van der Waals surface area contributed by atoms with Gasteiger partial charge in [0.2, 0.25) is 15.9 Å². The molecule has 3 aromatic rings. The predicted octanol–water partition coefficient (Wildman–Crippen LogP) is 4.08. The zero-order valence-corrected chi connectivity index (χ0v) is 19.6. The van der Waals surface area contributed by atoms with Crippen molar-refractivity contribution < 1.29 is 22.7 Å². The number of ketones is 1. The first kappa shape index (κ1) is 24.4. The average molecular weight is 487 g/mol. The van der Waals surface area contributed by atoms with Gasteiger partial charge in [-0.3, -0.25) is 9.59 Å². The third kappa shape index (κ3) is 6.41. The maximum absolute atomic E-state index is 13.1. The van der Waals surface area contributed by atoms with E-state index in [1.807, 2.05) is 6.07 Å². The van der Waals surface area contributed by atoms with E-state index in [1.165, 1.54) is 38.3 Å². The smallest absolute Gasteiger partial charge is 0.242 e. The van der Waals surface area contributed by atoms with Crippen molar-refractivity contribution in [2.45, 2.75) is 24.3 Å². The van der Waals surface area contributed by atoms with E-state index in [9.17, 15) is 18.0 Å². The van der Waals surface area contributed by atoms with Crippen LogP contribution in [0, 0.1) is 0 Å². The number of amides is 1. The number of rotatable bonds is 9. The Hall–Kier alpha value is -3.20. The van der Waals surface area contributed by atoms with E-state index in [1.54, 1.807) is 42.5 Å². The second-order valence-electron chi connectivity index (χ2n) is 7.29. The molecule has 9 heteroatoms. The Kier molecular flexibility index (Phi) is 7.86. The molecular weight excluding hydrogens is 464 g/mol. The standard InChI is InChI=1S/C24H23ClN2O5S/c1-16(28)18-9-6-10-19(14-18)26-24(29)22(13-17-7-4-3-5-8-17)27-33(30,31)20-11-12-23(32-2)21(25)15-20/h3-12,14-15,22,27H,13H2,1-2H3,(H,26,29)/t22-/m1/s1. The van der Waals surface area contributed by atoms with E-state index >= 15 is 0 Å². The molecule has 3 aromatic carbocycles. The Morgan fingerprint density at radius 3 is 2.36 bits per heavy atom. The first-order valence-corrected chi connectivity index (χ1v) is 11.9. The van der Waals surface area contributed by atoms with E-state index in [2.05, 4.69) is 10.0 Å². The Bertz CT molecular complexity index is 1260. The highest BCUT2D eigenvalue weighted by atomic mass is 35.5. The normalized spacial score (nSPS) is 12.1. The molecule has 172 valence electrons. The predicted molar refractivity (Wildman–Crippen MR) is 127 cm³/mol. The molecule has 0 heterocycles. The minimum absolute atomic E-state index is 0.0993. The summed E-state index contributed by atoms with van der Waals surface area (Å²) in [7, 11) is -2.67. The molecule has 33 heavy (non-hydrogen) atoms. The van der Waals surface area contributed by atoms with Gasteiger partial charge in [-0.15, -0.1) is 0 Å². The molecule has 0 aliphatic heterocycles. The van der Waals surface area contributed by atoms with Crippen LogP contribution in [0.25, 0.3) is 0 Å². The fourth-order valence-electron chi connectivity index (χ4n) is 3.15. The van der Waals surface area contributed by atoms with Crippen molar-refractivity contribution in [1.29, 1.82) is 0 Å². The fourth-order valence-corrected chi connectivity index (χ4v) is 4.70. The Labute approximate surface area is 197 Å². The summed E-state index contributed by atoms with van der Waals surface area (Å²) in [5.74, 6) is -0.383. The largest absolute Gasteiger partial charge is 0.495 e. The number of hydrogen-bond acceptors (Lipinski definition) is 5. The lowest BCUT2D eigenvalue weighted by Crippen LogP contribution is -2.45. The zero-order chi connectivity index (χ0) is 24.0. The molecular formula is C24H23ClN2O5S. The maximum Gasteiger partial charge on any atom is 0.242 e. The number of ether oxygens (including phenoxy) is 1. The van der Waals surface area contributed by atoms with Crippen LogP contribution in [0.2, 0.25) is 5.02 Å². The maximum atomic E-state index is 13.1. The van der Waals surface area contributed by atoms with E-state index in [-0.39, 0.29) is 22.1 Å². The van der Waals surface area contributed by atoms with Crippen molar-refractivity contribution in [2.75, 3.05) is 12.4 Å². The lowest BCUT2D eigenvalue weighted by atomic mass is 10.1. The number of carbonyl (C=O) groups excluding carboxylic acids is 2. The van der Waals surface area contributed by atoms with E-state index in [4.69, 9.17) is 16.3 Å². The number of hydrogen-bond donors (Lipinski definition) is 2. The van der Waals surface area contributed by atoms with Gasteiger partial charge in [-0.05, 0) is 49.2 Å². The third-order valence-electron chi connectivity index (χ3n) is 4.87. The van der Waals surface area contributed by atoms with Crippen LogP contribution in [-0.4, -0.2) is 33.3 Å². The second kappa shape index (κ2) is 10.6. The molecule has 0 bridgehead atoms. The molecule has 0 unspecified atom stereocenters. The molecule has 0 aliphatic carbocycles. The van der Waals surface area contributed by atoms with Gasteiger partial charge in [0, 0.05) is 11.3 Å². The summed E-state index contributed by atoms with van der Waals surface area (Å²) in [4.78, 5) is 24.7. The SMILES string of the molecule is COc1ccc(S(=O)(=O)N[C@H](Cc2ccccc2)C(=O)Nc2cccc(C(C)=O)c2)cc1Cl. The molecule has 0 saturated carbocycles. The molecule has 7 nitrogen and oxygen atoms in total. The average Bonchev–Trinajstić information content (AvgIpc) is 2.79. The minimum atomic E-state index is -4.09. The monoisotopic (exact) mass is 486 g/mol. The van der Waals surface area contributed by atoms with Crippen LogP contribution < -0.4 is 14.8 Å². The van der Waals surface area contributed by atoms with Gasteiger partial charge in [-0.1, -0.05) is 54.1 Å². The van der Waals surface area contributed by atoms with Crippen molar-refractivity contribution in [3.63, 3.8) is 0 Å². The summed E-state index contributed by atoms with van der Waals surface area (Å²) in [6, 6.07) is 18.4. The minimum Gasteiger partial charge on any atom is -0.495 e. The molecule has 0 aliphatic rings.